The number of pyridine rings is 1. The monoisotopic (exact) mass is 324 g/mol. The maximum absolute atomic E-state index is 12.2. The van der Waals surface area contributed by atoms with Crippen molar-refractivity contribution >= 4 is 23.4 Å². The maximum Gasteiger partial charge on any atom is 0.320 e. The molecule has 2 N–H and O–H groups in total. The molecule has 6 heteroatoms. The Hall–Kier alpha value is -2.89. The molecule has 0 unspecified atom stereocenters. The van der Waals surface area contributed by atoms with Crippen LogP contribution < -0.4 is 15.5 Å². The van der Waals surface area contributed by atoms with Gasteiger partial charge >= 0.3 is 6.03 Å². The average Bonchev–Trinajstić information content (AvgIpc) is 2.88. The number of anilines is 2. The van der Waals surface area contributed by atoms with Gasteiger partial charge in [0.05, 0.1) is 6.04 Å². The van der Waals surface area contributed by atoms with E-state index in [9.17, 15) is 9.59 Å². The molecule has 0 saturated carbocycles. The van der Waals surface area contributed by atoms with Crippen LogP contribution in [0.1, 0.15) is 17.7 Å². The molecule has 0 aliphatic carbocycles. The SMILES string of the molecule is Cc1ccc(N2C[C@H](NC(=O)Nc3cccc(C)n3)CC2=O)cc1. The van der Waals surface area contributed by atoms with Crippen LogP contribution in [0.3, 0.4) is 0 Å². The lowest BCUT2D eigenvalue weighted by atomic mass is 10.2. The van der Waals surface area contributed by atoms with Crippen molar-refractivity contribution in [1.82, 2.24) is 10.3 Å². The molecule has 1 aromatic carbocycles. The molecule has 24 heavy (non-hydrogen) atoms. The van der Waals surface area contributed by atoms with E-state index in [1.165, 1.54) is 0 Å². The van der Waals surface area contributed by atoms with Crippen molar-refractivity contribution in [3.8, 4) is 0 Å². The summed E-state index contributed by atoms with van der Waals surface area (Å²) in [6.07, 6.45) is 0.294. The maximum atomic E-state index is 12.2. The molecule has 1 saturated heterocycles. The third-order valence-corrected chi connectivity index (χ3v) is 3.94. The van der Waals surface area contributed by atoms with Gasteiger partial charge in [0.1, 0.15) is 5.82 Å². The van der Waals surface area contributed by atoms with Crippen molar-refractivity contribution < 1.29 is 9.59 Å². The quantitative estimate of drug-likeness (QED) is 0.911. The molecule has 3 rings (SSSR count). The van der Waals surface area contributed by atoms with Crippen molar-refractivity contribution in [2.75, 3.05) is 16.8 Å². The van der Waals surface area contributed by atoms with Gasteiger partial charge in [0.15, 0.2) is 0 Å². The largest absolute Gasteiger partial charge is 0.333 e. The Bertz CT molecular complexity index is 758. The summed E-state index contributed by atoms with van der Waals surface area (Å²) in [5.74, 6) is 0.505. The second kappa shape index (κ2) is 6.70. The number of rotatable bonds is 3. The van der Waals surface area contributed by atoms with Crippen LogP contribution in [0.4, 0.5) is 16.3 Å². The van der Waals surface area contributed by atoms with Crippen molar-refractivity contribution in [3.05, 3.63) is 53.7 Å². The fourth-order valence-electron chi connectivity index (χ4n) is 2.73. The summed E-state index contributed by atoms with van der Waals surface area (Å²) in [6, 6.07) is 12.6. The predicted octanol–water partition coefficient (Wildman–Crippen LogP) is 2.63. The van der Waals surface area contributed by atoms with Crippen LogP contribution >= 0.6 is 0 Å². The number of hydrogen-bond acceptors (Lipinski definition) is 3. The van der Waals surface area contributed by atoms with Crippen LogP contribution in [-0.4, -0.2) is 29.5 Å². The van der Waals surface area contributed by atoms with Crippen molar-refractivity contribution in [3.63, 3.8) is 0 Å². The highest BCUT2D eigenvalue weighted by Crippen LogP contribution is 2.22. The van der Waals surface area contributed by atoms with Crippen LogP contribution in [0.2, 0.25) is 0 Å². The summed E-state index contributed by atoms with van der Waals surface area (Å²) in [5.41, 5.74) is 2.83. The fourth-order valence-corrected chi connectivity index (χ4v) is 2.73. The minimum atomic E-state index is -0.350. The molecule has 1 fully saturated rings. The number of nitrogens with one attached hydrogen (secondary N) is 2. The first-order valence-electron chi connectivity index (χ1n) is 7.89. The smallest absolute Gasteiger partial charge is 0.320 e. The average molecular weight is 324 g/mol. The molecule has 0 spiro atoms. The first-order chi connectivity index (χ1) is 11.5. The highest BCUT2D eigenvalue weighted by atomic mass is 16.2. The van der Waals surface area contributed by atoms with Gasteiger partial charge in [-0.2, -0.15) is 0 Å². The highest BCUT2D eigenvalue weighted by molar-refractivity contribution is 5.97. The minimum Gasteiger partial charge on any atom is -0.333 e. The van der Waals surface area contributed by atoms with Gasteiger partial charge in [-0.25, -0.2) is 9.78 Å². The summed E-state index contributed by atoms with van der Waals surface area (Å²) >= 11 is 0. The molecule has 0 radical (unpaired) electrons. The van der Waals surface area contributed by atoms with Crippen molar-refractivity contribution in [2.24, 2.45) is 0 Å². The van der Waals surface area contributed by atoms with Crippen LogP contribution in [0.5, 0.6) is 0 Å². The van der Waals surface area contributed by atoms with E-state index in [2.05, 4.69) is 15.6 Å². The fraction of sp³-hybridized carbons (Fsp3) is 0.278. The molecule has 1 aliphatic rings. The minimum absolute atomic E-state index is 0.0119. The summed E-state index contributed by atoms with van der Waals surface area (Å²) in [5, 5.41) is 5.53. The number of benzene rings is 1. The van der Waals surface area contributed by atoms with Crippen molar-refractivity contribution in [1.29, 1.82) is 0 Å². The number of aryl methyl sites for hydroxylation is 2. The number of hydrogen-bond donors (Lipinski definition) is 2. The van der Waals surface area contributed by atoms with Gasteiger partial charge in [-0.3, -0.25) is 10.1 Å². The molecule has 0 bridgehead atoms. The number of urea groups is 1. The van der Waals surface area contributed by atoms with Gasteiger partial charge in [-0.15, -0.1) is 0 Å². The van der Waals surface area contributed by atoms with Crippen LogP contribution in [0, 0.1) is 13.8 Å². The second-order valence-electron chi connectivity index (χ2n) is 6.00. The normalized spacial score (nSPS) is 17.0. The lowest BCUT2D eigenvalue weighted by Gasteiger charge is -2.17. The zero-order valence-electron chi connectivity index (χ0n) is 13.7. The second-order valence-corrected chi connectivity index (χ2v) is 6.00. The molecule has 3 amide bonds. The van der Waals surface area contributed by atoms with Crippen LogP contribution in [0.15, 0.2) is 42.5 Å². The Morgan fingerprint density at radius 3 is 2.62 bits per heavy atom. The summed E-state index contributed by atoms with van der Waals surface area (Å²) in [7, 11) is 0. The van der Waals surface area contributed by atoms with Gasteiger partial charge in [-0.05, 0) is 38.1 Å². The molecule has 1 atom stereocenters. The van der Waals surface area contributed by atoms with E-state index < -0.39 is 0 Å². The lowest BCUT2D eigenvalue weighted by Crippen LogP contribution is -2.39. The summed E-state index contributed by atoms with van der Waals surface area (Å²) in [6.45, 7) is 4.33. The third kappa shape index (κ3) is 3.71. The Labute approximate surface area is 140 Å². The molecule has 124 valence electrons. The molecule has 2 heterocycles. The molecular formula is C18H20N4O2. The van der Waals surface area contributed by atoms with Crippen molar-refractivity contribution in [2.45, 2.75) is 26.3 Å². The lowest BCUT2D eigenvalue weighted by molar-refractivity contribution is -0.117. The Balaban J connectivity index is 1.59. The number of aromatic nitrogens is 1. The third-order valence-electron chi connectivity index (χ3n) is 3.94. The van der Waals surface area contributed by atoms with Gasteiger partial charge in [0.2, 0.25) is 5.91 Å². The molecule has 6 nitrogen and oxygen atoms in total. The molecule has 1 aromatic heterocycles. The Morgan fingerprint density at radius 1 is 1.17 bits per heavy atom. The summed E-state index contributed by atoms with van der Waals surface area (Å²) < 4.78 is 0. The van der Waals surface area contributed by atoms with E-state index in [1.807, 2.05) is 50.2 Å². The van der Waals surface area contributed by atoms with Gasteiger partial charge < -0.3 is 10.2 Å². The van der Waals surface area contributed by atoms with E-state index in [0.717, 1.165) is 16.9 Å². The summed E-state index contributed by atoms with van der Waals surface area (Å²) in [4.78, 5) is 30.2. The van der Waals surface area contributed by atoms with Crippen LogP contribution in [-0.2, 0) is 4.79 Å². The van der Waals surface area contributed by atoms with Gasteiger partial charge in [0.25, 0.3) is 0 Å². The first-order valence-corrected chi connectivity index (χ1v) is 7.89. The van der Waals surface area contributed by atoms with E-state index in [4.69, 9.17) is 0 Å². The number of carbonyl (C=O) groups excluding carboxylic acids is 2. The zero-order chi connectivity index (χ0) is 17.1. The van der Waals surface area contributed by atoms with E-state index >= 15 is 0 Å². The molecular weight excluding hydrogens is 304 g/mol. The zero-order valence-corrected chi connectivity index (χ0v) is 13.7. The van der Waals surface area contributed by atoms with E-state index in [-0.39, 0.29) is 18.0 Å². The van der Waals surface area contributed by atoms with Gasteiger partial charge in [-0.1, -0.05) is 23.8 Å². The topological polar surface area (TPSA) is 74.3 Å². The molecule has 1 aliphatic heterocycles. The first kappa shape index (κ1) is 16.0. The Morgan fingerprint density at radius 2 is 1.92 bits per heavy atom. The van der Waals surface area contributed by atoms with Crippen LogP contribution in [0.25, 0.3) is 0 Å². The molecule has 2 aromatic rings. The van der Waals surface area contributed by atoms with E-state index in [0.29, 0.717) is 18.8 Å². The predicted molar refractivity (Wildman–Crippen MR) is 93.1 cm³/mol. The van der Waals surface area contributed by atoms with E-state index in [1.54, 1.807) is 11.0 Å². The standard InChI is InChI=1S/C18H20N4O2/c1-12-6-8-15(9-7-12)22-11-14(10-17(22)23)20-18(24)21-16-5-3-4-13(2)19-16/h3-9,14H,10-11H2,1-2H3,(H2,19,20,21,24)/t14-/m1/s1. The number of amides is 3. The Kier molecular flexibility index (Phi) is 4.46. The highest BCUT2D eigenvalue weighted by Gasteiger charge is 2.31. The number of carbonyl (C=O) groups is 2. The number of nitrogens with zero attached hydrogens (tertiary/aromatic N) is 2. The van der Waals surface area contributed by atoms with Gasteiger partial charge in [0, 0.05) is 24.3 Å².